The summed E-state index contributed by atoms with van der Waals surface area (Å²) in [7, 11) is 2.19. The van der Waals surface area contributed by atoms with E-state index in [-0.39, 0.29) is 11.6 Å². The van der Waals surface area contributed by atoms with Crippen molar-refractivity contribution in [3.05, 3.63) is 29.8 Å². The first-order chi connectivity index (χ1) is 9.97. The van der Waals surface area contributed by atoms with Gasteiger partial charge in [-0.1, -0.05) is 18.2 Å². The number of ether oxygens (including phenoxy) is 1. The SMILES string of the molecule is CN1CCN(CC2C(N)c3ccccc3OC2(C)C)CC1. The quantitative estimate of drug-likeness (QED) is 0.900. The van der Waals surface area contributed by atoms with E-state index < -0.39 is 0 Å². The van der Waals surface area contributed by atoms with Gasteiger partial charge in [0.2, 0.25) is 0 Å². The number of piperazine rings is 1. The summed E-state index contributed by atoms with van der Waals surface area (Å²) >= 11 is 0. The Balaban J connectivity index is 1.78. The van der Waals surface area contributed by atoms with Crippen molar-refractivity contribution in [2.75, 3.05) is 39.8 Å². The number of benzene rings is 1. The van der Waals surface area contributed by atoms with E-state index in [1.54, 1.807) is 0 Å². The lowest BCUT2D eigenvalue weighted by Gasteiger charge is -2.46. The lowest BCUT2D eigenvalue weighted by molar-refractivity contribution is -0.0125. The van der Waals surface area contributed by atoms with Crippen molar-refractivity contribution in [3.63, 3.8) is 0 Å². The van der Waals surface area contributed by atoms with Crippen LogP contribution in [-0.2, 0) is 0 Å². The van der Waals surface area contributed by atoms with Gasteiger partial charge in [0.1, 0.15) is 11.4 Å². The maximum Gasteiger partial charge on any atom is 0.124 e. The first-order valence-electron chi connectivity index (χ1n) is 7.92. The highest BCUT2D eigenvalue weighted by Crippen LogP contribution is 2.42. The standard InChI is InChI=1S/C17H27N3O/c1-17(2)14(12-20-10-8-19(3)9-11-20)16(18)13-6-4-5-7-15(13)21-17/h4-7,14,16H,8-12,18H2,1-3H3. The van der Waals surface area contributed by atoms with Crippen LogP contribution in [0.5, 0.6) is 5.75 Å². The van der Waals surface area contributed by atoms with Crippen LogP contribution < -0.4 is 10.5 Å². The minimum Gasteiger partial charge on any atom is -0.487 e. The number of nitrogens with two attached hydrogens (primary N) is 1. The minimum atomic E-state index is -0.225. The Bertz CT molecular complexity index is 495. The molecule has 0 spiro atoms. The zero-order valence-electron chi connectivity index (χ0n) is 13.4. The molecule has 2 aliphatic heterocycles. The van der Waals surface area contributed by atoms with Crippen LogP contribution in [0.3, 0.4) is 0 Å². The molecule has 3 rings (SSSR count). The topological polar surface area (TPSA) is 41.7 Å². The van der Waals surface area contributed by atoms with Gasteiger partial charge >= 0.3 is 0 Å². The number of nitrogens with zero attached hydrogens (tertiary/aromatic N) is 2. The zero-order chi connectivity index (χ0) is 15.0. The molecule has 2 unspecified atom stereocenters. The summed E-state index contributed by atoms with van der Waals surface area (Å²) in [6.07, 6.45) is 0. The Morgan fingerprint density at radius 3 is 2.57 bits per heavy atom. The summed E-state index contributed by atoms with van der Waals surface area (Å²) in [6, 6.07) is 8.25. The van der Waals surface area contributed by atoms with Crippen molar-refractivity contribution in [3.8, 4) is 5.75 Å². The molecule has 2 atom stereocenters. The van der Waals surface area contributed by atoms with Crippen LogP contribution in [0.2, 0.25) is 0 Å². The Morgan fingerprint density at radius 1 is 1.19 bits per heavy atom. The molecule has 1 aromatic rings. The lowest BCUT2D eigenvalue weighted by atomic mass is 9.78. The predicted molar refractivity (Wildman–Crippen MR) is 85.5 cm³/mol. The van der Waals surface area contributed by atoms with Crippen molar-refractivity contribution in [1.82, 2.24) is 9.80 Å². The molecular formula is C17H27N3O. The first kappa shape index (κ1) is 14.8. The van der Waals surface area contributed by atoms with Crippen molar-refractivity contribution in [2.24, 2.45) is 11.7 Å². The van der Waals surface area contributed by atoms with Crippen LogP contribution in [0.15, 0.2) is 24.3 Å². The van der Waals surface area contributed by atoms with Gasteiger partial charge in [0.05, 0.1) is 0 Å². The second-order valence-corrected chi connectivity index (χ2v) is 6.98. The number of fused-ring (bicyclic) bond motifs is 1. The number of likely N-dealkylation sites (N-methyl/N-ethyl adjacent to an activating group) is 1. The summed E-state index contributed by atoms with van der Waals surface area (Å²) in [5.74, 6) is 1.26. The Kier molecular flexibility index (Phi) is 3.95. The second kappa shape index (κ2) is 5.59. The molecule has 2 N–H and O–H groups in total. The molecule has 2 heterocycles. The Hall–Kier alpha value is -1.10. The zero-order valence-corrected chi connectivity index (χ0v) is 13.4. The van der Waals surface area contributed by atoms with Gasteiger partial charge in [-0.25, -0.2) is 0 Å². The van der Waals surface area contributed by atoms with Crippen LogP contribution >= 0.6 is 0 Å². The van der Waals surface area contributed by atoms with Crippen LogP contribution in [-0.4, -0.2) is 55.2 Å². The summed E-state index contributed by atoms with van der Waals surface area (Å²) in [5, 5.41) is 0. The third-order valence-electron chi connectivity index (χ3n) is 5.03. The van der Waals surface area contributed by atoms with Crippen LogP contribution in [0.1, 0.15) is 25.5 Å². The van der Waals surface area contributed by atoms with E-state index in [0.29, 0.717) is 5.92 Å². The highest BCUT2D eigenvalue weighted by molar-refractivity contribution is 5.39. The molecule has 0 aromatic heterocycles. The average Bonchev–Trinajstić information content (AvgIpc) is 2.45. The summed E-state index contributed by atoms with van der Waals surface area (Å²) < 4.78 is 6.25. The average molecular weight is 289 g/mol. The maximum absolute atomic E-state index is 6.59. The van der Waals surface area contributed by atoms with Crippen molar-refractivity contribution in [2.45, 2.75) is 25.5 Å². The number of rotatable bonds is 2. The van der Waals surface area contributed by atoms with Gasteiger partial charge in [-0.05, 0) is 27.0 Å². The van der Waals surface area contributed by atoms with Gasteiger partial charge in [0, 0.05) is 50.2 Å². The van der Waals surface area contributed by atoms with E-state index in [2.05, 4.69) is 36.8 Å². The van der Waals surface area contributed by atoms with E-state index >= 15 is 0 Å². The van der Waals surface area contributed by atoms with E-state index in [1.165, 1.54) is 0 Å². The first-order valence-corrected chi connectivity index (χ1v) is 7.92. The minimum absolute atomic E-state index is 0.0459. The van der Waals surface area contributed by atoms with Gasteiger partial charge in [-0.3, -0.25) is 0 Å². The van der Waals surface area contributed by atoms with E-state index in [4.69, 9.17) is 10.5 Å². The monoisotopic (exact) mass is 289 g/mol. The van der Waals surface area contributed by atoms with Crippen molar-refractivity contribution >= 4 is 0 Å². The molecule has 1 fully saturated rings. The third-order valence-corrected chi connectivity index (χ3v) is 5.03. The van der Waals surface area contributed by atoms with E-state index in [0.717, 1.165) is 44.0 Å². The highest BCUT2D eigenvalue weighted by Gasteiger charge is 2.42. The predicted octanol–water partition coefficient (Wildman–Crippen LogP) is 1.72. The normalized spacial score (nSPS) is 29.7. The molecule has 1 aromatic carbocycles. The lowest BCUT2D eigenvalue weighted by Crippen LogP contribution is -2.54. The molecule has 0 bridgehead atoms. The third kappa shape index (κ3) is 2.93. The Labute approximate surface area is 127 Å². The van der Waals surface area contributed by atoms with Gasteiger partial charge in [0.25, 0.3) is 0 Å². The fourth-order valence-corrected chi connectivity index (χ4v) is 3.50. The van der Waals surface area contributed by atoms with Crippen molar-refractivity contribution < 1.29 is 4.74 Å². The van der Waals surface area contributed by atoms with Gasteiger partial charge < -0.3 is 20.3 Å². The summed E-state index contributed by atoms with van der Waals surface area (Å²) in [5.41, 5.74) is 7.52. The molecule has 4 heteroatoms. The van der Waals surface area contributed by atoms with E-state index in [9.17, 15) is 0 Å². The summed E-state index contributed by atoms with van der Waals surface area (Å²) in [6.45, 7) is 9.87. The highest BCUT2D eigenvalue weighted by atomic mass is 16.5. The number of hydrogen-bond acceptors (Lipinski definition) is 4. The number of para-hydroxylation sites is 1. The molecule has 4 nitrogen and oxygen atoms in total. The maximum atomic E-state index is 6.59. The van der Waals surface area contributed by atoms with Crippen LogP contribution in [0.25, 0.3) is 0 Å². The van der Waals surface area contributed by atoms with Crippen LogP contribution in [0.4, 0.5) is 0 Å². The fraction of sp³-hybridized carbons (Fsp3) is 0.647. The smallest absolute Gasteiger partial charge is 0.124 e. The van der Waals surface area contributed by atoms with Gasteiger partial charge in [-0.15, -0.1) is 0 Å². The molecule has 0 radical (unpaired) electrons. The van der Waals surface area contributed by atoms with Gasteiger partial charge in [0.15, 0.2) is 0 Å². The molecule has 21 heavy (non-hydrogen) atoms. The van der Waals surface area contributed by atoms with Gasteiger partial charge in [-0.2, -0.15) is 0 Å². The van der Waals surface area contributed by atoms with E-state index in [1.807, 2.05) is 18.2 Å². The Morgan fingerprint density at radius 2 is 1.86 bits per heavy atom. The molecule has 0 aliphatic carbocycles. The molecular weight excluding hydrogens is 262 g/mol. The molecule has 2 aliphatic rings. The van der Waals surface area contributed by atoms with Crippen molar-refractivity contribution in [1.29, 1.82) is 0 Å². The molecule has 1 saturated heterocycles. The second-order valence-electron chi connectivity index (χ2n) is 6.98. The molecule has 0 saturated carbocycles. The fourth-order valence-electron chi connectivity index (χ4n) is 3.50. The molecule has 116 valence electrons. The largest absolute Gasteiger partial charge is 0.487 e. The molecule has 0 amide bonds. The summed E-state index contributed by atoms with van der Waals surface area (Å²) in [4.78, 5) is 4.91. The van der Waals surface area contributed by atoms with Crippen LogP contribution in [0, 0.1) is 5.92 Å². The number of hydrogen-bond donors (Lipinski definition) is 1.